The Bertz CT molecular complexity index is 1410. The van der Waals surface area contributed by atoms with Gasteiger partial charge in [0.05, 0.1) is 10.6 Å². The summed E-state index contributed by atoms with van der Waals surface area (Å²) in [7, 11) is -3.63. The number of hydrogen-bond acceptors (Lipinski definition) is 3. The molecule has 1 N–H and O–H groups in total. The molecule has 4 aromatic rings. The normalized spacial score (nSPS) is 11.6. The first kappa shape index (κ1) is 22.1. The highest BCUT2D eigenvalue weighted by atomic mass is 35.5. The average molecular weight is 467 g/mol. The van der Waals surface area contributed by atoms with E-state index in [1.807, 2.05) is 44.2 Å². The van der Waals surface area contributed by atoms with Gasteiger partial charge in [-0.1, -0.05) is 54.1 Å². The van der Waals surface area contributed by atoms with E-state index in [1.165, 1.54) is 0 Å². The first-order chi connectivity index (χ1) is 15.2. The molecule has 0 aliphatic heterocycles. The highest BCUT2D eigenvalue weighted by molar-refractivity contribution is 7.90. The van der Waals surface area contributed by atoms with Gasteiger partial charge in [0.1, 0.15) is 6.54 Å². The van der Waals surface area contributed by atoms with Crippen molar-refractivity contribution in [2.45, 2.75) is 31.0 Å². The Morgan fingerprint density at radius 2 is 1.69 bits per heavy atom. The first-order valence-electron chi connectivity index (χ1n) is 10.2. The Labute approximate surface area is 192 Å². The van der Waals surface area contributed by atoms with Gasteiger partial charge in [0.15, 0.2) is 9.84 Å². The van der Waals surface area contributed by atoms with Crippen molar-refractivity contribution in [2.24, 2.45) is 0 Å². The lowest BCUT2D eigenvalue weighted by molar-refractivity contribution is -0.116. The second-order valence-electron chi connectivity index (χ2n) is 7.82. The van der Waals surface area contributed by atoms with Crippen molar-refractivity contribution >= 4 is 43.9 Å². The molecular formula is C25H23ClN2O3S. The number of fused-ring (bicyclic) bond motifs is 1. The summed E-state index contributed by atoms with van der Waals surface area (Å²) < 4.78 is 28.1. The minimum Gasteiger partial charge on any atom is -0.337 e. The number of nitrogens with one attached hydrogen (secondary N) is 1. The summed E-state index contributed by atoms with van der Waals surface area (Å²) in [6, 6.07) is 19.7. The van der Waals surface area contributed by atoms with Gasteiger partial charge in [0.2, 0.25) is 5.91 Å². The second-order valence-corrected chi connectivity index (χ2v) is 10.2. The van der Waals surface area contributed by atoms with Crippen LogP contribution >= 0.6 is 11.6 Å². The number of aromatic nitrogens is 1. The molecule has 0 saturated heterocycles. The topological polar surface area (TPSA) is 68.2 Å². The number of para-hydroxylation sites is 1. The Balaban J connectivity index is 1.64. The van der Waals surface area contributed by atoms with Gasteiger partial charge in [-0.25, -0.2) is 8.42 Å². The van der Waals surface area contributed by atoms with Crippen molar-refractivity contribution < 1.29 is 13.2 Å². The van der Waals surface area contributed by atoms with E-state index in [-0.39, 0.29) is 23.1 Å². The fourth-order valence-corrected chi connectivity index (χ4v) is 5.41. The molecule has 0 fully saturated rings. The van der Waals surface area contributed by atoms with E-state index in [0.717, 1.165) is 16.8 Å². The third kappa shape index (κ3) is 4.56. The van der Waals surface area contributed by atoms with E-state index in [1.54, 1.807) is 47.2 Å². The number of aryl methyl sites for hydroxylation is 1. The van der Waals surface area contributed by atoms with Crippen LogP contribution in [0.15, 0.2) is 77.8 Å². The van der Waals surface area contributed by atoms with Crippen molar-refractivity contribution in [1.29, 1.82) is 0 Å². The molecular weight excluding hydrogens is 444 g/mol. The lowest BCUT2D eigenvalue weighted by Gasteiger charge is -2.11. The number of nitrogens with zero attached hydrogens (tertiary/aromatic N) is 1. The molecule has 164 valence electrons. The van der Waals surface area contributed by atoms with Crippen molar-refractivity contribution in [3.05, 3.63) is 94.6 Å². The van der Waals surface area contributed by atoms with Gasteiger partial charge in [-0.15, -0.1) is 0 Å². The zero-order valence-electron chi connectivity index (χ0n) is 17.8. The van der Waals surface area contributed by atoms with E-state index < -0.39 is 9.84 Å². The highest BCUT2D eigenvalue weighted by Gasteiger charge is 2.22. The third-order valence-electron chi connectivity index (χ3n) is 5.55. The number of rotatable bonds is 6. The summed E-state index contributed by atoms with van der Waals surface area (Å²) in [6.45, 7) is 3.95. The minimum atomic E-state index is -3.63. The lowest BCUT2D eigenvalue weighted by atomic mass is 10.1. The fraction of sp³-hybridized carbons (Fsp3) is 0.160. The number of benzene rings is 3. The molecule has 0 spiro atoms. The number of anilines is 1. The molecule has 0 radical (unpaired) electrons. The molecule has 1 aromatic heterocycles. The van der Waals surface area contributed by atoms with Crippen LogP contribution in [0.5, 0.6) is 0 Å². The number of hydrogen-bond donors (Lipinski definition) is 1. The van der Waals surface area contributed by atoms with Crippen molar-refractivity contribution in [3.63, 3.8) is 0 Å². The van der Waals surface area contributed by atoms with Crippen molar-refractivity contribution in [1.82, 2.24) is 4.57 Å². The Hall–Kier alpha value is -3.09. The number of carbonyl (C=O) groups is 1. The number of sulfone groups is 1. The van der Waals surface area contributed by atoms with Gasteiger partial charge < -0.3 is 9.88 Å². The fourth-order valence-electron chi connectivity index (χ4n) is 3.70. The quantitative estimate of drug-likeness (QED) is 0.406. The van der Waals surface area contributed by atoms with Crippen LogP contribution in [0.1, 0.15) is 16.7 Å². The van der Waals surface area contributed by atoms with Crippen LogP contribution in [0.25, 0.3) is 10.9 Å². The molecule has 32 heavy (non-hydrogen) atoms. The van der Waals surface area contributed by atoms with Gasteiger partial charge >= 0.3 is 0 Å². The standard InChI is InChI=1S/C25H23ClN2O3S/c1-17-6-5-8-22(18(17)2)27-25(29)15-28-14-24(21-7-3-4-9-23(21)28)32(30,31)16-19-10-12-20(26)13-11-19/h3-14H,15-16H2,1-2H3,(H,27,29). The predicted molar refractivity (Wildman–Crippen MR) is 129 cm³/mol. The summed E-state index contributed by atoms with van der Waals surface area (Å²) in [4.78, 5) is 13.0. The zero-order chi connectivity index (χ0) is 22.9. The summed E-state index contributed by atoms with van der Waals surface area (Å²) in [5.41, 5.74) is 4.19. The second kappa shape index (κ2) is 8.81. The van der Waals surface area contributed by atoms with Crippen LogP contribution in [0.2, 0.25) is 5.02 Å². The molecule has 0 unspecified atom stereocenters. The van der Waals surface area contributed by atoms with Gasteiger partial charge in [-0.3, -0.25) is 4.79 Å². The molecule has 0 aliphatic carbocycles. The monoisotopic (exact) mass is 466 g/mol. The molecule has 4 rings (SSSR count). The SMILES string of the molecule is Cc1cccc(NC(=O)Cn2cc(S(=O)(=O)Cc3ccc(Cl)cc3)c3ccccc32)c1C. The molecule has 1 amide bonds. The third-order valence-corrected chi connectivity index (χ3v) is 7.51. The Kier molecular flexibility index (Phi) is 6.09. The van der Waals surface area contributed by atoms with Crippen LogP contribution in [-0.4, -0.2) is 18.9 Å². The summed E-state index contributed by atoms with van der Waals surface area (Å²) >= 11 is 5.92. The maximum atomic E-state index is 13.2. The van der Waals surface area contributed by atoms with E-state index in [0.29, 0.717) is 21.5 Å². The van der Waals surface area contributed by atoms with Crippen molar-refractivity contribution in [2.75, 3.05) is 5.32 Å². The summed E-state index contributed by atoms with van der Waals surface area (Å²) in [6.07, 6.45) is 1.55. The van der Waals surface area contributed by atoms with Gasteiger partial charge in [-0.2, -0.15) is 0 Å². The molecule has 5 nitrogen and oxygen atoms in total. The smallest absolute Gasteiger partial charge is 0.244 e. The van der Waals surface area contributed by atoms with Crippen LogP contribution in [0, 0.1) is 13.8 Å². The van der Waals surface area contributed by atoms with Gasteiger partial charge in [-0.05, 0) is 54.8 Å². The molecule has 3 aromatic carbocycles. The number of halogens is 1. The Morgan fingerprint density at radius 1 is 0.969 bits per heavy atom. The maximum Gasteiger partial charge on any atom is 0.244 e. The zero-order valence-corrected chi connectivity index (χ0v) is 19.4. The van der Waals surface area contributed by atoms with E-state index in [2.05, 4.69) is 5.32 Å². The lowest BCUT2D eigenvalue weighted by Crippen LogP contribution is -2.19. The molecule has 7 heteroatoms. The van der Waals surface area contributed by atoms with Crippen LogP contribution in [0.3, 0.4) is 0 Å². The molecule has 0 atom stereocenters. The largest absolute Gasteiger partial charge is 0.337 e. The van der Waals surface area contributed by atoms with Gasteiger partial charge in [0.25, 0.3) is 0 Å². The highest BCUT2D eigenvalue weighted by Crippen LogP contribution is 2.28. The summed E-state index contributed by atoms with van der Waals surface area (Å²) in [5, 5.41) is 4.09. The average Bonchev–Trinajstić information content (AvgIpc) is 3.12. The number of carbonyl (C=O) groups excluding carboxylic acids is 1. The predicted octanol–water partition coefficient (Wildman–Crippen LogP) is 5.52. The van der Waals surface area contributed by atoms with Crippen LogP contribution < -0.4 is 5.32 Å². The molecule has 0 aliphatic rings. The molecule has 1 heterocycles. The maximum absolute atomic E-state index is 13.2. The number of amides is 1. The van der Waals surface area contributed by atoms with Crippen LogP contribution in [0.4, 0.5) is 5.69 Å². The minimum absolute atomic E-state index is 0.00433. The van der Waals surface area contributed by atoms with E-state index in [4.69, 9.17) is 11.6 Å². The molecule has 0 saturated carbocycles. The first-order valence-corrected chi connectivity index (χ1v) is 12.2. The van der Waals surface area contributed by atoms with Crippen molar-refractivity contribution in [3.8, 4) is 0 Å². The Morgan fingerprint density at radius 3 is 2.44 bits per heavy atom. The van der Waals surface area contributed by atoms with Gasteiger partial charge in [0, 0.05) is 27.8 Å². The van der Waals surface area contributed by atoms with E-state index in [9.17, 15) is 13.2 Å². The van der Waals surface area contributed by atoms with Crippen LogP contribution in [-0.2, 0) is 26.9 Å². The summed E-state index contributed by atoms with van der Waals surface area (Å²) in [5.74, 6) is -0.367. The van der Waals surface area contributed by atoms with E-state index >= 15 is 0 Å². The molecule has 0 bridgehead atoms.